The van der Waals surface area contributed by atoms with E-state index in [1.165, 1.54) is 0 Å². The molecular weight excluding hydrogens is 208 g/mol. The highest BCUT2D eigenvalue weighted by Crippen LogP contribution is 2.16. The van der Waals surface area contributed by atoms with Crippen LogP contribution in [0, 0.1) is 11.8 Å². The fourth-order valence-corrected chi connectivity index (χ4v) is 0.460. The average Bonchev–Trinajstić information content (AvgIpc) is 1.86. The topological polar surface area (TPSA) is 26.3 Å². The van der Waals surface area contributed by atoms with E-state index < -0.39 is 4.32 Å². The lowest BCUT2D eigenvalue weighted by atomic mass is 10.2. The molecule has 0 fully saturated rings. The minimum absolute atomic E-state index is 0.171. The van der Waals surface area contributed by atoms with Crippen molar-refractivity contribution in [2.45, 2.75) is 25.1 Å². The Labute approximate surface area is 75.4 Å². The van der Waals surface area contributed by atoms with Gasteiger partial charge in [-0.2, -0.15) is 0 Å². The van der Waals surface area contributed by atoms with Crippen LogP contribution < -0.4 is 0 Å². The molecule has 0 spiro atoms. The second-order valence-electron chi connectivity index (χ2n) is 2.48. The number of rotatable bonds is 2. The van der Waals surface area contributed by atoms with Gasteiger partial charge in [-0.1, -0.05) is 21.9 Å². The molecule has 0 aliphatic rings. The molecule has 0 aromatic carbocycles. The lowest BCUT2D eigenvalue weighted by Crippen LogP contribution is -2.26. The molecule has 0 heterocycles. The molecule has 0 saturated heterocycles. The Bertz CT molecular complexity index is 192. The van der Waals surface area contributed by atoms with Crippen LogP contribution in [0.2, 0.25) is 0 Å². The highest BCUT2D eigenvalue weighted by Gasteiger charge is 2.24. The fraction of sp³-hybridized carbons (Fsp3) is 0.625. The minimum atomic E-state index is -0.609. The number of esters is 1. The molecule has 3 heteroatoms. The Balaban J connectivity index is 3.77. The molecule has 0 rings (SSSR count). The standard InChI is InChI=1S/C8H11BrO2/c1-4-5-6-11-7(10)8(2,3)9/h6H2,1-3H3. The first-order chi connectivity index (χ1) is 4.98. The smallest absolute Gasteiger partial charge is 0.323 e. The molecule has 0 bridgehead atoms. The fourth-order valence-electron chi connectivity index (χ4n) is 0.345. The van der Waals surface area contributed by atoms with Gasteiger partial charge in [-0.15, -0.1) is 5.92 Å². The van der Waals surface area contributed by atoms with Crippen molar-refractivity contribution in [2.24, 2.45) is 0 Å². The summed E-state index contributed by atoms with van der Waals surface area (Å²) in [5.41, 5.74) is 0. The Hall–Kier alpha value is -0.490. The summed E-state index contributed by atoms with van der Waals surface area (Å²) >= 11 is 3.17. The number of hydrogen-bond donors (Lipinski definition) is 0. The van der Waals surface area contributed by atoms with Gasteiger partial charge in [0, 0.05) is 0 Å². The van der Waals surface area contributed by atoms with Crippen molar-refractivity contribution in [3.63, 3.8) is 0 Å². The first kappa shape index (κ1) is 10.5. The highest BCUT2D eigenvalue weighted by atomic mass is 79.9. The zero-order valence-corrected chi connectivity index (χ0v) is 8.49. The zero-order valence-electron chi connectivity index (χ0n) is 6.90. The Morgan fingerprint density at radius 2 is 2.18 bits per heavy atom. The predicted octanol–water partition coefficient (Wildman–Crippen LogP) is 1.73. The molecule has 0 aromatic rings. The summed E-state index contributed by atoms with van der Waals surface area (Å²) < 4.78 is 4.18. The van der Waals surface area contributed by atoms with Crippen LogP contribution in [0.3, 0.4) is 0 Å². The van der Waals surface area contributed by atoms with Crippen LogP contribution in [0.5, 0.6) is 0 Å². The van der Waals surface area contributed by atoms with Gasteiger partial charge in [-0.3, -0.25) is 4.79 Å². The summed E-state index contributed by atoms with van der Waals surface area (Å²) in [4.78, 5) is 11.0. The highest BCUT2D eigenvalue weighted by molar-refractivity contribution is 9.10. The average molecular weight is 219 g/mol. The summed E-state index contributed by atoms with van der Waals surface area (Å²) in [6.07, 6.45) is 0. The molecule has 0 N–H and O–H groups in total. The van der Waals surface area contributed by atoms with Crippen LogP contribution in [-0.2, 0) is 9.53 Å². The summed E-state index contributed by atoms with van der Waals surface area (Å²) in [6.45, 7) is 5.33. The normalized spacial score (nSPS) is 9.82. The summed E-state index contributed by atoms with van der Waals surface area (Å²) in [6, 6.07) is 0. The molecule has 0 aliphatic carbocycles. The molecular formula is C8H11BrO2. The van der Waals surface area contributed by atoms with E-state index in [2.05, 4.69) is 27.8 Å². The van der Waals surface area contributed by atoms with Crippen molar-refractivity contribution in [3.8, 4) is 11.8 Å². The Morgan fingerprint density at radius 3 is 2.55 bits per heavy atom. The SMILES string of the molecule is CC#CCOC(=O)C(C)(C)Br. The van der Waals surface area contributed by atoms with Crippen molar-refractivity contribution in [2.75, 3.05) is 6.61 Å². The van der Waals surface area contributed by atoms with Crippen molar-refractivity contribution >= 4 is 21.9 Å². The second kappa shape index (κ2) is 4.40. The maximum atomic E-state index is 11.0. The van der Waals surface area contributed by atoms with Crippen molar-refractivity contribution in [1.82, 2.24) is 0 Å². The maximum Gasteiger partial charge on any atom is 0.323 e. The Kier molecular flexibility index (Phi) is 4.20. The van der Waals surface area contributed by atoms with Crippen molar-refractivity contribution in [1.29, 1.82) is 0 Å². The van der Waals surface area contributed by atoms with Gasteiger partial charge in [0.2, 0.25) is 0 Å². The summed E-state index contributed by atoms with van der Waals surface area (Å²) in [5, 5.41) is 0. The van der Waals surface area contributed by atoms with E-state index in [4.69, 9.17) is 4.74 Å². The van der Waals surface area contributed by atoms with E-state index in [0.29, 0.717) is 0 Å². The van der Waals surface area contributed by atoms with E-state index >= 15 is 0 Å². The van der Waals surface area contributed by atoms with E-state index in [0.717, 1.165) is 0 Å². The van der Waals surface area contributed by atoms with E-state index in [-0.39, 0.29) is 12.6 Å². The lowest BCUT2D eigenvalue weighted by molar-refractivity contribution is -0.143. The molecule has 11 heavy (non-hydrogen) atoms. The summed E-state index contributed by atoms with van der Waals surface area (Å²) in [5.74, 6) is 4.98. The predicted molar refractivity (Wildman–Crippen MR) is 47.4 cm³/mol. The Morgan fingerprint density at radius 1 is 1.64 bits per heavy atom. The van der Waals surface area contributed by atoms with Crippen molar-refractivity contribution < 1.29 is 9.53 Å². The van der Waals surface area contributed by atoms with Crippen LogP contribution in [0.25, 0.3) is 0 Å². The number of alkyl halides is 1. The lowest BCUT2D eigenvalue weighted by Gasteiger charge is -2.12. The first-order valence-corrected chi connectivity index (χ1v) is 4.03. The molecule has 0 saturated carbocycles. The first-order valence-electron chi connectivity index (χ1n) is 3.24. The number of carbonyl (C=O) groups is 1. The number of carbonyl (C=O) groups excluding carboxylic acids is 1. The maximum absolute atomic E-state index is 11.0. The van der Waals surface area contributed by atoms with Crippen molar-refractivity contribution in [3.05, 3.63) is 0 Å². The van der Waals surface area contributed by atoms with Gasteiger partial charge in [0.25, 0.3) is 0 Å². The molecule has 0 atom stereocenters. The van der Waals surface area contributed by atoms with E-state index in [9.17, 15) is 4.79 Å². The number of halogens is 1. The molecule has 0 aliphatic heterocycles. The van der Waals surface area contributed by atoms with Crippen LogP contribution in [0.1, 0.15) is 20.8 Å². The largest absolute Gasteiger partial charge is 0.451 e. The van der Waals surface area contributed by atoms with E-state index in [1.807, 2.05) is 0 Å². The monoisotopic (exact) mass is 218 g/mol. The van der Waals surface area contributed by atoms with Gasteiger partial charge in [0.15, 0.2) is 6.61 Å². The summed E-state index contributed by atoms with van der Waals surface area (Å²) in [7, 11) is 0. The molecule has 2 nitrogen and oxygen atoms in total. The quantitative estimate of drug-likeness (QED) is 0.401. The third-order valence-corrected chi connectivity index (χ3v) is 1.26. The second-order valence-corrected chi connectivity index (χ2v) is 4.46. The van der Waals surface area contributed by atoms with Crippen LogP contribution in [0.4, 0.5) is 0 Å². The van der Waals surface area contributed by atoms with Crippen LogP contribution >= 0.6 is 15.9 Å². The molecule has 62 valence electrons. The minimum Gasteiger partial charge on any atom is -0.451 e. The molecule has 0 aromatic heterocycles. The van der Waals surface area contributed by atoms with Gasteiger partial charge < -0.3 is 4.74 Å². The van der Waals surface area contributed by atoms with E-state index in [1.54, 1.807) is 20.8 Å². The third kappa shape index (κ3) is 4.86. The molecule has 0 unspecified atom stereocenters. The third-order valence-electron chi connectivity index (χ3n) is 0.938. The van der Waals surface area contributed by atoms with Crippen LogP contribution in [0.15, 0.2) is 0 Å². The van der Waals surface area contributed by atoms with Crippen LogP contribution in [-0.4, -0.2) is 16.9 Å². The molecule has 0 radical (unpaired) electrons. The number of ether oxygens (including phenoxy) is 1. The van der Waals surface area contributed by atoms with Gasteiger partial charge in [0.1, 0.15) is 4.32 Å². The number of hydrogen-bond acceptors (Lipinski definition) is 2. The molecule has 0 amide bonds. The van der Waals surface area contributed by atoms with Gasteiger partial charge in [0.05, 0.1) is 0 Å². The van der Waals surface area contributed by atoms with Gasteiger partial charge >= 0.3 is 5.97 Å². The zero-order chi connectivity index (χ0) is 8.91. The van der Waals surface area contributed by atoms with Gasteiger partial charge in [-0.05, 0) is 20.8 Å². The van der Waals surface area contributed by atoms with Gasteiger partial charge in [-0.25, -0.2) is 0 Å².